The van der Waals surface area contributed by atoms with Gasteiger partial charge in [-0.05, 0) is 38.8 Å². The van der Waals surface area contributed by atoms with Gasteiger partial charge >= 0.3 is 12.1 Å². The predicted molar refractivity (Wildman–Crippen MR) is 124 cm³/mol. The van der Waals surface area contributed by atoms with E-state index < -0.39 is 23.6 Å². The van der Waals surface area contributed by atoms with Crippen molar-refractivity contribution in [1.29, 1.82) is 0 Å². The standard InChI is InChI=1S/C24H32N4O5/c1-14(2)19(28(22(30)31)23(3,4)5)20(29)27-15-11-25-21(26-12-15)33-17-10-8-9-16-18(17)24(6,7)13-32-16/h8-12,14,19H,13H2,1-7H3,(H,27,29)(H,30,31)/t19-/m1/s1. The summed E-state index contributed by atoms with van der Waals surface area (Å²) < 4.78 is 11.7. The minimum absolute atomic E-state index is 0.131. The average molecular weight is 457 g/mol. The molecule has 0 fully saturated rings. The maximum absolute atomic E-state index is 13.0. The van der Waals surface area contributed by atoms with Crippen molar-refractivity contribution in [2.75, 3.05) is 11.9 Å². The molecule has 1 aromatic carbocycles. The number of aromatic nitrogens is 2. The van der Waals surface area contributed by atoms with Gasteiger partial charge in [0.1, 0.15) is 17.5 Å². The smallest absolute Gasteiger partial charge is 0.408 e. The van der Waals surface area contributed by atoms with E-state index in [1.54, 1.807) is 20.8 Å². The molecule has 1 aliphatic rings. The van der Waals surface area contributed by atoms with Crippen molar-refractivity contribution in [2.24, 2.45) is 5.92 Å². The highest BCUT2D eigenvalue weighted by Gasteiger charge is 2.39. The van der Waals surface area contributed by atoms with E-state index in [9.17, 15) is 14.7 Å². The molecule has 0 saturated heterocycles. The van der Waals surface area contributed by atoms with Crippen molar-refractivity contribution in [3.05, 3.63) is 36.2 Å². The summed E-state index contributed by atoms with van der Waals surface area (Å²) in [6.45, 7) is 13.6. The van der Waals surface area contributed by atoms with Crippen LogP contribution in [0.4, 0.5) is 10.5 Å². The van der Waals surface area contributed by atoms with Gasteiger partial charge < -0.3 is 19.9 Å². The number of anilines is 1. The number of hydrogen-bond acceptors (Lipinski definition) is 6. The molecule has 33 heavy (non-hydrogen) atoms. The van der Waals surface area contributed by atoms with E-state index in [2.05, 4.69) is 29.1 Å². The van der Waals surface area contributed by atoms with E-state index in [0.717, 1.165) is 11.3 Å². The van der Waals surface area contributed by atoms with Gasteiger partial charge in [-0.3, -0.25) is 9.69 Å². The van der Waals surface area contributed by atoms with Gasteiger partial charge in [-0.1, -0.05) is 33.8 Å². The van der Waals surface area contributed by atoms with Crippen LogP contribution in [-0.4, -0.2) is 50.2 Å². The van der Waals surface area contributed by atoms with Crippen LogP contribution in [0.15, 0.2) is 30.6 Å². The summed E-state index contributed by atoms with van der Waals surface area (Å²) in [5.41, 5.74) is 0.356. The van der Waals surface area contributed by atoms with E-state index in [1.165, 1.54) is 17.3 Å². The molecule has 2 N–H and O–H groups in total. The fourth-order valence-electron chi connectivity index (χ4n) is 4.00. The Labute approximate surface area is 194 Å². The van der Waals surface area contributed by atoms with Crippen molar-refractivity contribution < 1.29 is 24.2 Å². The van der Waals surface area contributed by atoms with Crippen LogP contribution in [0.2, 0.25) is 0 Å². The maximum atomic E-state index is 13.0. The number of rotatable bonds is 6. The van der Waals surface area contributed by atoms with E-state index in [4.69, 9.17) is 9.47 Å². The number of nitrogens with one attached hydrogen (secondary N) is 1. The summed E-state index contributed by atoms with van der Waals surface area (Å²) in [6.07, 6.45) is 1.72. The Morgan fingerprint density at radius 2 is 1.85 bits per heavy atom. The van der Waals surface area contributed by atoms with E-state index in [-0.39, 0.29) is 17.3 Å². The van der Waals surface area contributed by atoms with Crippen LogP contribution in [0, 0.1) is 5.92 Å². The quantitative estimate of drug-likeness (QED) is 0.649. The Hall–Kier alpha value is -3.36. The molecule has 1 atom stereocenters. The first-order valence-electron chi connectivity index (χ1n) is 10.9. The molecule has 178 valence electrons. The third kappa shape index (κ3) is 5.18. The lowest BCUT2D eigenvalue weighted by Crippen LogP contribution is -2.57. The Kier molecular flexibility index (Phi) is 6.53. The highest BCUT2D eigenvalue weighted by molar-refractivity contribution is 5.96. The minimum atomic E-state index is -1.15. The second-order valence-electron chi connectivity index (χ2n) is 10.2. The number of amides is 2. The van der Waals surface area contributed by atoms with Crippen molar-refractivity contribution in [2.45, 2.75) is 65.5 Å². The van der Waals surface area contributed by atoms with Crippen LogP contribution in [0.1, 0.15) is 54.0 Å². The maximum Gasteiger partial charge on any atom is 0.408 e. The number of nitrogens with zero attached hydrogens (tertiary/aromatic N) is 3. The first kappa shape index (κ1) is 24.3. The lowest BCUT2D eigenvalue weighted by Gasteiger charge is -2.40. The number of carbonyl (C=O) groups is 2. The second kappa shape index (κ2) is 8.88. The number of hydrogen-bond donors (Lipinski definition) is 2. The summed E-state index contributed by atoms with van der Waals surface area (Å²) in [4.78, 5) is 34.5. The summed E-state index contributed by atoms with van der Waals surface area (Å²) >= 11 is 0. The zero-order valence-electron chi connectivity index (χ0n) is 20.2. The molecule has 0 bridgehead atoms. The summed E-state index contributed by atoms with van der Waals surface area (Å²) in [6, 6.07) is 4.84. The fourth-order valence-corrected chi connectivity index (χ4v) is 4.00. The zero-order chi connectivity index (χ0) is 24.6. The molecule has 0 unspecified atom stereocenters. The molecule has 0 radical (unpaired) electrons. The Bertz CT molecular complexity index is 1030. The summed E-state index contributed by atoms with van der Waals surface area (Å²) in [5, 5.41) is 12.5. The van der Waals surface area contributed by atoms with Gasteiger partial charge in [-0.2, -0.15) is 0 Å². The van der Waals surface area contributed by atoms with Gasteiger partial charge in [0, 0.05) is 16.5 Å². The molecule has 1 aromatic heterocycles. The molecule has 2 aromatic rings. The van der Waals surface area contributed by atoms with E-state index in [1.807, 2.05) is 32.0 Å². The molecule has 2 amide bonds. The van der Waals surface area contributed by atoms with Crippen LogP contribution >= 0.6 is 0 Å². The van der Waals surface area contributed by atoms with Gasteiger partial charge in [0.25, 0.3) is 0 Å². The average Bonchev–Trinajstić information content (AvgIpc) is 3.01. The molecule has 9 heteroatoms. The molecule has 0 aliphatic carbocycles. The monoisotopic (exact) mass is 456 g/mol. The SMILES string of the molecule is CC(C)[C@H](C(=O)Nc1cnc(Oc2cccc3c2C(C)(C)CO3)nc1)N(C(=O)O)C(C)(C)C. The van der Waals surface area contributed by atoms with Gasteiger partial charge in [0.2, 0.25) is 5.91 Å². The van der Waals surface area contributed by atoms with Gasteiger partial charge in [0.05, 0.1) is 24.7 Å². The number of fused-ring (bicyclic) bond motifs is 1. The van der Waals surface area contributed by atoms with Crippen molar-refractivity contribution in [1.82, 2.24) is 14.9 Å². The Morgan fingerprint density at radius 1 is 1.21 bits per heavy atom. The number of ether oxygens (including phenoxy) is 2. The van der Waals surface area contributed by atoms with Gasteiger partial charge in [0.15, 0.2) is 0 Å². The topological polar surface area (TPSA) is 114 Å². The Balaban J connectivity index is 1.77. The van der Waals surface area contributed by atoms with Crippen molar-refractivity contribution in [3.8, 4) is 17.5 Å². The summed E-state index contributed by atoms with van der Waals surface area (Å²) in [5.74, 6) is 0.714. The molecular formula is C24H32N4O5. The predicted octanol–water partition coefficient (Wildman–Crippen LogP) is 4.68. The third-order valence-corrected chi connectivity index (χ3v) is 5.46. The number of carbonyl (C=O) groups excluding carboxylic acids is 1. The molecule has 0 spiro atoms. The highest BCUT2D eigenvalue weighted by Crippen LogP contribution is 2.44. The van der Waals surface area contributed by atoms with Crippen LogP contribution in [0.5, 0.6) is 17.5 Å². The first-order valence-corrected chi connectivity index (χ1v) is 10.9. The Morgan fingerprint density at radius 3 is 2.39 bits per heavy atom. The number of carboxylic acid groups (broad SMARTS) is 1. The minimum Gasteiger partial charge on any atom is -0.492 e. The zero-order valence-corrected chi connectivity index (χ0v) is 20.2. The first-order chi connectivity index (χ1) is 15.3. The molecule has 3 rings (SSSR count). The molecule has 0 saturated carbocycles. The lowest BCUT2D eigenvalue weighted by atomic mass is 9.86. The fraction of sp³-hybridized carbons (Fsp3) is 0.500. The molecule has 1 aliphatic heterocycles. The van der Waals surface area contributed by atoms with Gasteiger partial charge in [-0.15, -0.1) is 0 Å². The van der Waals surface area contributed by atoms with Crippen LogP contribution in [0.25, 0.3) is 0 Å². The van der Waals surface area contributed by atoms with Crippen LogP contribution in [0.3, 0.4) is 0 Å². The van der Waals surface area contributed by atoms with Gasteiger partial charge in [-0.25, -0.2) is 14.8 Å². The highest BCUT2D eigenvalue weighted by atomic mass is 16.5. The normalized spacial score (nSPS) is 15.4. The lowest BCUT2D eigenvalue weighted by molar-refractivity contribution is -0.124. The summed E-state index contributed by atoms with van der Waals surface area (Å²) in [7, 11) is 0. The van der Waals surface area contributed by atoms with E-state index >= 15 is 0 Å². The van der Waals surface area contributed by atoms with Crippen LogP contribution < -0.4 is 14.8 Å². The van der Waals surface area contributed by atoms with Crippen LogP contribution in [-0.2, 0) is 10.2 Å². The largest absolute Gasteiger partial charge is 0.492 e. The molecule has 2 heterocycles. The second-order valence-corrected chi connectivity index (χ2v) is 10.2. The number of benzene rings is 1. The molecule has 9 nitrogen and oxygen atoms in total. The van der Waals surface area contributed by atoms with E-state index in [0.29, 0.717) is 18.0 Å². The van der Waals surface area contributed by atoms with Crippen molar-refractivity contribution in [3.63, 3.8) is 0 Å². The van der Waals surface area contributed by atoms with Crippen molar-refractivity contribution >= 4 is 17.7 Å². The third-order valence-electron chi connectivity index (χ3n) is 5.46. The molecular weight excluding hydrogens is 424 g/mol.